The third-order valence-electron chi connectivity index (χ3n) is 1.60. The van der Waals surface area contributed by atoms with Gasteiger partial charge in [-0.1, -0.05) is 25.1 Å². The van der Waals surface area contributed by atoms with E-state index < -0.39 is 10.0 Å². The zero-order chi connectivity index (χ0) is 9.73. The molecule has 0 atom stereocenters. The lowest BCUT2D eigenvalue weighted by Gasteiger charge is -2.04. The molecule has 3 nitrogen and oxygen atoms in total. The molecule has 1 aromatic carbocycles. The van der Waals surface area contributed by atoms with E-state index >= 15 is 0 Å². The molecule has 1 N–H and O–H groups in total. The maximum absolute atomic E-state index is 11.5. The molecule has 0 amide bonds. The largest absolute Gasteiger partial charge is 0.240 e. The van der Waals surface area contributed by atoms with Gasteiger partial charge in [-0.25, -0.2) is 13.1 Å². The van der Waals surface area contributed by atoms with E-state index in [-0.39, 0.29) is 24.8 Å². The molecule has 0 unspecified atom stereocenters. The highest BCUT2D eigenvalue weighted by molar-refractivity contribution is 7.89. The average Bonchev–Trinajstić information content (AvgIpc) is 2.16. The molecule has 1 aromatic rings. The Hall–Kier alpha value is -0.290. The van der Waals surface area contributed by atoms with Crippen molar-refractivity contribution in [3.63, 3.8) is 0 Å². The van der Waals surface area contributed by atoms with Gasteiger partial charge in [-0.2, -0.15) is 0 Å². The number of hydrogen-bond acceptors (Lipinski definition) is 2. The highest BCUT2D eigenvalue weighted by Crippen LogP contribution is 2.06. The summed E-state index contributed by atoms with van der Waals surface area (Å²) in [5, 5.41) is 0. The van der Waals surface area contributed by atoms with Crippen molar-refractivity contribution >= 4 is 34.8 Å². The molecule has 0 aromatic heterocycles. The van der Waals surface area contributed by atoms with Crippen LogP contribution < -0.4 is 4.72 Å². The highest BCUT2D eigenvalue weighted by Gasteiger charge is 2.10. The van der Waals surface area contributed by atoms with E-state index in [0.29, 0.717) is 11.4 Å². The first-order valence-corrected chi connectivity index (χ1v) is 5.70. The average molecular weight is 272 g/mol. The molecule has 0 radical (unpaired) electrons. The highest BCUT2D eigenvalue weighted by atomic mass is 35.5. The van der Waals surface area contributed by atoms with E-state index in [0.717, 1.165) is 6.42 Å². The summed E-state index contributed by atoms with van der Waals surface area (Å²) in [6.07, 6.45) is 0.798. The Bertz CT molecular complexity index is 354. The molecule has 0 heterocycles. The van der Waals surface area contributed by atoms with Crippen LogP contribution in [0.25, 0.3) is 0 Å². The van der Waals surface area contributed by atoms with Gasteiger partial charge in [0.1, 0.15) is 0 Å². The van der Waals surface area contributed by atoms with E-state index in [1.807, 2.05) is 6.92 Å². The lowest BCUT2D eigenvalue weighted by Crippen LogP contribution is -2.24. The van der Waals surface area contributed by atoms with Crippen molar-refractivity contribution in [2.75, 3.05) is 6.54 Å². The fourth-order valence-corrected chi connectivity index (χ4v) is 2.07. The molecule has 88 valence electrons. The van der Waals surface area contributed by atoms with Crippen molar-refractivity contribution in [2.24, 2.45) is 0 Å². The molecule has 6 heteroatoms. The summed E-state index contributed by atoms with van der Waals surface area (Å²) in [4.78, 5) is 0.323. The fraction of sp³-hybridized carbons (Fsp3) is 0.333. The first-order valence-electron chi connectivity index (χ1n) is 4.21. The molecule has 0 saturated heterocycles. The number of benzene rings is 1. The molecule has 1 rings (SSSR count). The van der Waals surface area contributed by atoms with E-state index in [1.54, 1.807) is 30.3 Å². The van der Waals surface area contributed by atoms with Gasteiger partial charge in [-0.3, -0.25) is 0 Å². The maximum atomic E-state index is 11.5. The molecule has 0 fully saturated rings. The van der Waals surface area contributed by atoms with Crippen LogP contribution in [0.3, 0.4) is 0 Å². The molecular formula is C9H15Cl2NO2S. The molecule has 0 aliphatic carbocycles. The van der Waals surface area contributed by atoms with Gasteiger partial charge in [0.25, 0.3) is 0 Å². The van der Waals surface area contributed by atoms with Crippen LogP contribution in [-0.4, -0.2) is 15.0 Å². The number of halogens is 2. The first kappa shape index (κ1) is 17.1. The Morgan fingerprint density at radius 2 is 1.67 bits per heavy atom. The van der Waals surface area contributed by atoms with Crippen LogP contribution in [0.15, 0.2) is 35.2 Å². The Balaban J connectivity index is 0. The van der Waals surface area contributed by atoms with Crippen LogP contribution in [-0.2, 0) is 10.0 Å². The Kier molecular flexibility index (Phi) is 9.05. The van der Waals surface area contributed by atoms with Gasteiger partial charge in [-0.05, 0) is 18.6 Å². The van der Waals surface area contributed by atoms with Crippen molar-refractivity contribution in [2.45, 2.75) is 18.2 Å². The van der Waals surface area contributed by atoms with Crippen molar-refractivity contribution < 1.29 is 8.42 Å². The van der Waals surface area contributed by atoms with E-state index in [4.69, 9.17) is 0 Å². The standard InChI is InChI=1S/C9H13NO2S.2ClH/c1-2-8-10-13(11,12)9-6-4-3-5-7-9;;/h3-7,10H,2,8H2,1H3;2*1H. The van der Waals surface area contributed by atoms with Gasteiger partial charge < -0.3 is 0 Å². The van der Waals surface area contributed by atoms with E-state index in [9.17, 15) is 8.42 Å². The second-order valence-corrected chi connectivity index (χ2v) is 4.48. The summed E-state index contributed by atoms with van der Waals surface area (Å²) in [6, 6.07) is 8.37. The van der Waals surface area contributed by atoms with Crippen molar-refractivity contribution in [1.82, 2.24) is 4.72 Å². The molecule has 0 aliphatic rings. The minimum absolute atomic E-state index is 0. The van der Waals surface area contributed by atoms with Gasteiger partial charge >= 0.3 is 0 Å². The van der Waals surface area contributed by atoms with Gasteiger partial charge in [0.2, 0.25) is 10.0 Å². The van der Waals surface area contributed by atoms with Crippen LogP contribution in [0.2, 0.25) is 0 Å². The predicted molar refractivity (Wildman–Crippen MR) is 66.4 cm³/mol. The van der Waals surface area contributed by atoms with Gasteiger partial charge in [0.05, 0.1) is 4.90 Å². The molecule has 15 heavy (non-hydrogen) atoms. The van der Waals surface area contributed by atoms with E-state index in [2.05, 4.69) is 4.72 Å². The SMILES string of the molecule is CCCNS(=O)(=O)c1ccccc1.Cl.Cl. The Morgan fingerprint density at radius 1 is 1.13 bits per heavy atom. The van der Waals surface area contributed by atoms with Gasteiger partial charge in [-0.15, -0.1) is 24.8 Å². The smallest absolute Gasteiger partial charge is 0.211 e. The van der Waals surface area contributed by atoms with Crippen LogP contribution in [0.4, 0.5) is 0 Å². The number of nitrogens with one attached hydrogen (secondary N) is 1. The van der Waals surface area contributed by atoms with Crippen LogP contribution >= 0.6 is 24.8 Å². The number of hydrogen-bond donors (Lipinski definition) is 1. The van der Waals surface area contributed by atoms with Crippen molar-refractivity contribution in [1.29, 1.82) is 0 Å². The zero-order valence-electron chi connectivity index (χ0n) is 8.34. The van der Waals surface area contributed by atoms with E-state index in [1.165, 1.54) is 0 Å². The lowest BCUT2D eigenvalue weighted by molar-refractivity contribution is 0.581. The summed E-state index contributed by atoms with van der Waals surface area (Å²) in [6.45, 7) is 2.41. The van der Waals surface area contributed by atoms with Crippen LogP contribution in [0.5, 0.6) is 0 Å². The van der Waals surface area contributed by atoms with Gasteiger partial charge in [0.15, 0.2) is 0 Å². The van der Waals surface area contributed by atoms with Crippen LogP contribution in [0.1, 0.15) is 13.3 Å². The van der Waals surface area contributed by atoms with Crippen molar-refractivity contribution in [3.8, 4) is 0 Å². The molecule has 0 bridgehead atoms. The topological polar surface area (TPSA) is 46.2 Å². The quantitative estimate of drug-likeness (QED) is 0.913. The van der Waals surface area contributed by atoms with Gasteiger partial charge in [0, 0.05) is 6.54 Å². The zero-order valence-corrected chi connectivity index (χ0v) is 10.8. The summed E-state index contributed by atoms with van der Waals surface area (Å²) in [5.41, 5.74) is 0. The maximum Gasteiger partial charge on any atom is 0.240 e. The molecule has 0 saturated carbocycles. The summed E-state index contributed by atoms with van der Waals surface area (Å²) >= 11 is 0. The minimum atomic E-state index is -3.27. The monoisotopic (exact) mass is 271 g/mol. The summed E-state index contributed by atoms with van der Waals surface area (Å²) < 4.78 is 25.5. The third-order valence-corrected chi connectivity index (χ3v) is 3.07. The lowest BCUT2D eigenvalue weighted by atomic mass is 10.4. The molecule has 0 spiro atoms. The molecular weight excluding hydrogens is 257 g/mol. The van der Waals surface area contributed by atoms with Crippen molar-refractivity contribution in [3.05, 3.63) is 30.3 Å². The second-order valence-electron chi connectivity index (χ2n) is 2.71. The number of rotatable bonds is 4. The minimum Gasteiger partial charge on any atom is -0.211 e. The summed E-state index contributed by atoms with van der Waals surface area (Å²) in [7, 11) is -3.27. The molecule has 0 aliphatic heterocycles. The normalized spacial score (nSPS) is 9.93. The third kappa shape index (κ3) is 5.37. The number of sulfonamides is 1. The first-order chi connectivity index (χ1) is 6.17. The van der Waals surface area contributed by atoms with Crippen LogP contribution in [0, 0.1) is 0 Å². The Morgan fingerprint density at radius 3 is 2.13 bits per heavy atom. The Labute approximate surface area is 103 Å². The predicted octanol–water partition coefficient (Wildman–Crippen LogP) is 2.22. The summed E-state index contributed by atoms with van der Waals surface area (Å²) in [5.74, 6) is 0. The fourth-order valence-electron chi connectivity index (χ4n) is 0.919. The second kappa shape index (κ2) is 7.93.